The number of hydrogen-bond acceptors (Lipinski definition) is 5. The van der Waals surface area contributed by atoms with E-state index >= 15 is 0 Å². The fraction of sp³-hybridized carbons (Fsp3) is 0.857. The lowest BCUT2D eigenvalue weighted by molar-refractivity contribution is -0.218. The van der Waals surface area contributed by atoms with E-state index in [0.29, 0.717) is 0 Å². The maximum Gasteiger partial charge on any atom is 0.256 e. The van der Waals surface area contributed by atoms with E-state index in [9.17, 15) is 15.0 Å². The molecule has 0 saturated carbocycles. The summed E-state index contributed by atoms with van der Waals surface area (Å²) in [5.74, 6) is -2.95. The lowest BCUT2D eigenvalue weighted by Crippen LogP contribution is -2.48. The molecule has 0 aromatic heterocycles. The number of ether oxygens (including phenoxy) is 1. The van der Waals surface area contributed by atoms with E-state index in [2.05, 4.69) is 0 Å². The SMILES string of the molecule is CC(=O)C1(O)O[C@H](C)[C@@H](O)[C@H]1O. The van der Waals surface area contributed by atoms with Gasteiger partial charge in [-0.25, -0.2) is 0 Å². The third-order valence-corrected chi connectivity index (χ3v) is 2.08. The molecule has 1 fully saturated rings. The molecular weight excluding hydrogens is 164 g/mol. The summed E-state index contributed by atoms with van der Waals surface area (Å²) >= 11 is 0. The summed E-state index contributed by atoms with van der Waals surface area (Å²) in [5.41, 5.74) is 0. The highest BCUT2D eigenvalue weighted by Crippen LogP contribution is 2.29. The van der Waals surface area contributed by atoms with Gasteiger partial charge in [0.2, 0.25) is 0 Å². The number of hydrogen-bond donors (Lipinski definition) is 3. The quantitative estimate of drug-likeness (QED) is 0.448. The molecule has 5 heteroatoms. The normalized spacial score (nSPS) is 47.9. The number of Topliss-reactive ketones (excluding diaryl/α,β-unsaturated/α-hetero) is 1. The molecule has 0 aliphatic carbocycles. The predicted molar refractivity (Wildman–Crippen MR) is 38.2 cm³/mol. The fourth-order valence-electron chi connectivity index (χ4n) is 1.20. The third-order valence-electron chi connectivity index (χ3n) is 2.08. The van der Waals surface area contributed by atoms with Crippen LogP contribution in [0, 0.1) is 0 Å². The molecule has 0 radical (unpaired) electrons. The Hall–Kier alpha value is -0.490. The molecule has 1 aliphatic rings. The Morgan fingerprint density at radius 1 is 1.50 bits per heavy atom. The van der Waals surface area contributed by atoms with Gasteiger partial charge >= 0.3 is 0 Å². The lowest BCUT2D eigenvalue weighted by atomic mass is 10.0. The van der Waals surface area contributed by atoms with Gasteiger partial charge in [0.05, 0.1) is 6.10 Å². The van der Waals surface area contributed by atoms with Crippen LogP contribution in [0.1, 0.15) is 13.8 Å². The van der Waals surface area contributed by atoms with E-state index in [1.807, 2.05) is 0 Å². The Morgan fingerprint density at radius 3 is 2.17 bits per heavy atom. The number of ketones is 1. The maximum absolute atomic E-state index is 10.8. The van der Waals surface area contributed by atoms with Crippen LogP contribution >= 0.6 is 0 Å². The number of rotatable bonds is 1. The van der Waals surface area contributed by atoms with Gasteiger partial charge < -0.3 is 20.1 Å². The number of carbonyl (C=O) groups is 1. The molecule has 0 aromatic rings. The largest absolute Gasteiger partial charge is 0.387 e. The Labute approximate surface area is 69.6 Å². The second kappa shape index (κ2) is 2.77. The second-order valence-corrected chi connectivity index (χ2v) is 3.01. The number of aliphatic hydroxyl groups excluding tert-OH is 2. The summed E-state index contributed by atoms with van der Waals surface area (Å²) in [6.45, 7) is 2.56. The molecule has 0 aromatic carbocycles. The zero-order valence-electron chi connectivity index (χ0n) is 6.89. The maximum atomic E-state index is 10.8. The van der Waals surface area contributed by atoms with Crippen LogP contribution in [0.5, 0.6) is 0 Å². The molecule has 0 bridgehead atoms. The Balaban J connectivity index is 2.89. The Kier molecular flexibility index (Phi) is 2.22. The highest BCUT2D eigenvalue weighted by atomic mass is 16.7. The van der Waals surface area contributed by atoms with Crippen molar-refractivity contribution in [1.29, 1.82) is 0 Å². The highest BCUT2D eigenvalue weighted by molar-refractivity contribution is 5.84. The van der Waals surface area contributed by atoms with Gasteiger partial charge in [-0.2, -0.15) is 0 Å². The van der Waals surface area contributed by atoms with Crippen molar-refractivity contribution in [2.45, 2.75) is 37.9 Å². The van der Waals surface area contributed by atoms with Crippen LogP contribution in [0.25, 0.3) is 0 Å². The van der Waals surface area contributed by atoms with Gasteiger partial charge in [-0.15, -0.1) is 0 Å². The van der Waals surface area contributed by atoms with Crippen LogP contribution in [-0.4, -0.2) is 45.2 Å². The lowest BCUT2D eigenvalue weighted by Gasteiger charge is -2.21. The summed E-state index contributed by atoms with van der Waals surface area (Å²) < 4.78 is 4.74. The van der Waals surface area contributed by atoms with Crippen LogP contribution < -0.4 is 0 Å². The van der Waals surface area contributed by atoms with Crippen molar-refractivity contribution in [2.24, 2.45) is 0 Å². The molecule has 0 spiro atoms. The van der Waals surface area contributed by atoms with Crippen LogP contribution in [0.2, 0.25) is 0 Å². The molecule has 1 saturated heterocycles. The van der Waals surface area contributed by atoms with Crippen molar-refractivity contribution in [2.75, 3.05) is 0 Å². The smallest absolute Gasteiger partial charge is 0.256 e. The Morgan fingerprint density at radius 2 is 2.00 bits per heavy atom. The summed E-state index contributed by atoms with van der Waals surface area (Å²) in [4.78, 5) is 10.8. The van der Waals surface area contributed by atoms with Crippen LogP contribution in [0.4, 0.5) is 0 Å². The molecule has 4 atom stereocenters. The van der Waals surface area contributed by atoms with Crippen molar-refractivity contribution in [3.05, 3.63) is 0 Å². The van der Waals surface area contributed by atoms with Crippen LogP contribution in [-0.2, 0) is 9.53 Å². The molecule has 5 nitrogen and oxygen atoms in total. The molecule has 1 aliphatic heterocycles. The van der Waals surface area contributed by atoms with Crippen LogP contribution in [0.15, 0.2) is 0 Å². The van der Waals surface area contributed by atoms with Crippen molar-refractivity contribution in [3.63, 3.8) is 0 Å². The van der Waals surface area contributed by atoms with Crippen molar-refractivity contribution >= 4 is 5.78 Å². The molecule has 0 amide bonds. The van der Waals surface area contributed by atoms with Gasteiger partial charge in [0.15, 0.2) is 5.78 Å². The minimum Gasteiger partial charge on any atom is -0.387 e. The molecule has 1 heterocycles. The van der Waals surface area contributed by atoms with E-state index in [-0.39, 0.29) is 0 Å². The van der Waals surface area contributed by atoms with Gasteiger partial charge in [-0.3, -0.25) is 4.79 Å². The molecule has 1 rings (SSSR count). The molecule has 1 unspecified atom stereocenters. The molecule has 3 N–H and O–H groups in total. The molecule has 70 valence electrons. The zero-order chi connectivity index (χ0) is 9.52. The topological polar surface area (TPSA) is 87.0 Å². The minimum atomic E-state index is -2.24. The first-order valence-electron chi connectivity index (χ1n) is 3.67. The van der Waals surface area contributed by atoms with Gasteiger partial charge in [-0.05, 0) is 6.92 Å². The predicted octanol–water partition coefficient (Wildman–Crippen LogP) is -1.60. The number of carbonyl (C=O) groups excluding carboxylic acids is 1. The first-order chi connectivity index (χ1) is 5.39. The summed E-state index contributed by atoms with van der Waals surface area (Å²) in [6.07, 6.45) is -3.53. The third kappa shape index (κ3) is 1.15. The van der Waals surface area contributed by atoms with Crippen molar-refractivity contribution in [1.82, 2.24) is 0 Å². The van der Waals surface area contributed by atoms with E-state index in [1.54, 1.807) is 0 Å². The van der Waals surface area contributed by atoms with Crippen LogP contribution in [0.3, 0.4) is 0 Å². The minimum absolute atomic E-state index is 0.710. The highest BCUT2D eigenvalue weighted by Gasteiger charge is 2.54. The van der Waals surface area contributed by atoms with Gasteiger partial charge in [-0.1, -0.05) is 0 Å². The van der Waals surface area contributed by atoms with Crippen molar-refractivity contribution in [3.8, 4) is 0 Å². The van der Waals surface area contributed by atoms with E-state index in [0.717, 1.165) is 6.92 Å². The zero-order valence-corrected chi connectivity index (χ0v) is 6.89. The summed E-state index contributed by atoms with van der Waals surface area (Å²) in [6, 6.07) is 0. The molecule has 12 heavy (non-hydrogen) atoms. The van der Waals surface area contributed by atoms with Gasteiger partial charge in [0.1, 0.15) is 12.2 Å². The van der Waals surface area contributed by atoms with Gasteiger partial charge in [0.25, 0.3) is 5.79 Å². The van der Waals surface area contributed by atoms with E-state index in [1.165, 1.54) is 6.92 Å². The van der Waals surface area contributed by atoms with E-state index < -0.39 is 29.9 Å². The standard InChI is InChI=1S/C7H12O5/c1-3-5(9)6(10)7(11,12-3)4(2)8/h3,5-6,9-11H,1-2H3/t3-,5-,6-,7?/m1/s1. The molecular formula is C7H12O5. The Bertz CT molecular complexity index is 204. The first-order valence-corrected chi connectivity index (χ1v) is 3.67. The second-order valence-electron chi connectivity index (χ2n) is 3.01. The average molecular weight is 176 g/mol. The van der Waals surface area contributed by atoms with E-state index in [4.69, 9.17) is 9.84 Å². The first kappa shape index (κ1) is 9.60. The van der Waals surface area contributed by atoms with Crippen molar-refractivity contribution < 1.29 is 24.9 Å². The fourth-order valence-corrected chi connectivity index (χ4v) is 1.20. The monoisotopic (exact) mass is 176 g/mol. The summed E-state index contributed by atoms with van der Waals surface area (Å²) in [5, 5.41) is 27.8. The van der Waals surface area contributed by atoms with Gasteiger partial charge in [0, 0.05) is 6.92 Å². The summed E-state index contributed by atoms with van der Waals surface area (Å²) in [7, 11) is 0. The average Bonchev–Trinajstić information content (AvgIpc) is 2.17. The number of aliphatic hydroxyl groups is 3.